The van der Waals surface area contributed by atoms with Crippen LogP contribution in [0.5, 0.6) is 0 Å². The smallest absolute Gasteiger partial charge is 0.251 e. The molecule has 1 aliphatic rings. The first-order valence-corrected chi connectivity index (χ1v) is 8.65. The summed E-state index contributed by atoms with van der Waals surface area (Å²) in [5, 5.41) is 8.43. The van der Waals surface area contributed by atoms with Crippen LogP contribution in [0.4, 0.5) is 5.69 Å². The van der Waals surface area contributed by atoms with E-state index < -0.39 is 0 Å². The van der Waals surface area contributed by atoms with Crippen LogP contribution in [-0.2, 0) is 17.8 Å². The van der Waals surface area contributed by atoms with Gasteiger partial charge in [-0.15, -0.1) is 0 Å². The molecule has 134 valence electrons. The Labute approximate surface area is 152 Å². The molecule has 0 bridgehead atoms. The van der Waals surface area contributed by atoms with Gasteiger partial charge < -0.3 is 16.0 Å². The Bertz CT molecular complexity index is 844. The molecule has 1 aliphatic heterocycles. The summed E-state index contributed by atoms with van der Waals surface area (Å²) in [6.45, 7) is 2.83. The average Bonchev–Trinajstić information content (AvgIpc) is 2.66. The molecular formula is C20H21N3O3. The van der Waals surface area contributed by atoms with Crippen LogP contribution in [0, 0.1) is 0 Å². The Kier molecular flexibility index (Phi) is 5.31. The maximum atomic E-state index is 12.4. The molecule has 0 saturated carbocycles. The van der Waals surface area contributed by atoms with Crippen molar-refractivity contribution in [3.05, 3.63) is 64.7 Å². The summed E-state index contributed by atoms with van der Waals surface area (Å²) in [5.74, 6) is -0.271. The minimum Gasteiger partial charge on any atom is -0.352 e. The number of amides is 3. The van der Waals surface area contributed by atoms with Crippen LogP contribution >= 0.6 is 0 Å². The lowest BCUT2D eigenvalue weighted by atomic mass is 10.00. The second-order valence-electron chi connectivity index (χ2n) is 6.16. The number of hydrogen-bond donors (Lipinski definition) is 3. The van der Waals surface area contributed by atoms with E-state index in [1.165, 1.54) is 0 Å². The summed E-state index contributed by atoms with van der Waals surface area (Å²) in [6.07, 6.45) is 1.08. The van der Waals surface area contributed by atoms with E-state index in [1.807, 2.05) is 25.1 Å². The summed E-state index contributed by atoms with van der Waals surface area (Å²) < 4.78 is 0. The van der Waals surface area contributed by atoms with Crippen molar-refractivity contribution in [1.82, 2.24) is 10.6 Å². The lowest BCUT2D eigenvalue weighted by Crippen LogP contribution is -2.24. The first-order valence-electron chi connectivity index (χ1n) is 8.65. The van der Waals surface area contributed by atoms with Crippen molar-refractivity contribution >= 4 is 23.4 Å². The molecule has 0 spiro atoms. The Hall–Kier alpha value is -3.15. The zero-order valence-corrected chi connectivity index (χ0v) is 14.6. The van der Waals surface area contributed by atoms with Gasteiger partial charge in [-0.05, 0) is 54.8 Å². The molecule has 0 radical (unpaired) electrons. The van der Waals surface area contributed by atoms with Gasteiger partial charge in [-0.1, -0.05) is 12.1 Å². The van der Waals surface area contributed by atoms with Crippen LogP contribution in [0.25, 0.3) is 0 Å². The number of carbonyl (C=O) groups is 3. The Morgan fingerprint density at radius 1 is 0.962 bits per heavy atom. The van der Waals surface area contributed by atoms with Crippen LogP contribution in [0.2, 0.25) is 0 Å². The maximum absolute atomic E-state index is 12.4. The molecule has 6 heteroatoms. The number of hydrogen-bond acceptors (Lipinski definition) is 3. The first-order chi connectivity index (χ1) is 12.6. The van der Waals surface area contributed by atoms with Crippen molar-refractivity contribution in [2.75, 3.05) is 11.9 Å². The molecule has 2 aromatic rings. The monoisotopic (exact) mass is 351 g/mol. The number of anilines is 1. The molecule has 26 heavy (non-hydrogen) atoms. The van der Waals surface area contributed by atoms with Crippen LogP contribution in [0.15, 0.2) is 42.5 Å². The molecule has 0 unspecified atom stereocenters. The minimum absolute atomic E-state index is 0.00534. The molecule has 0 aliphatic carbocycles. The van der Waals surface area contributed by atoms with Crippen LogP contribution < -0.4 is 16.0 Å². The molecule has 2 aromatic carbocycles. The number of rotatable bonds is 5. The zero-order chi connectivity index (χ0) is 18.5. The lowest BCUT2D eigenvalue weighted by Gasteiger charge is -2.17. The van der Waals surface area contributed by atoms with E-state index in [0.29, 0.717) is 37.1 Å². The molecule has 6 nitrogen and oxygen atoms in total. The molecule has 0 saturated heterocycles. The summed E-state index contributed by atoms with van der Waals surface area (Å²) in [6, 6.07) is 12.4. The van der Waals surface area contributed by atoms with Crippen molar-refractivity contribution in [1.29, 1.82) is 0 Å². The third-order valence-corrected chi connectivity index (χ3v) is 4.27. The Morgan fingerprint density at radius 3 is 2.38 bits per heavy atom. The SMILES string of the molecule is CCNC(=O)c1ccc(CNC(=O)c2ccc3c(c2)CCC(=O)N3)cc1. The summed E-state index contributed by atoms with van der Waals surface area (Å²) in [7, 11) is 0. The van der Waals surface area contributed by atoms with Gasteiger partial charge in [0, 0.05) is 36.3 Å². The third-order valence-electron chi connectivity index (χ3n) is 4.27. The van der Waals surface area contributed by atoms with E-state index in [-0.39, 0.29) is 17.7 Å². The molecule has 0 aromatic heterocycles. The molecule has 1 heterocycles. The molecule has 0 fully saturated rings. The fourth-order valence-corrected chi connectivity index (χ4v) is 2.85. The van der Waals surface area contributed by atoms with Gasteiger partial charge in [0.15, 0.2) is 0 Å². The van der Waals surface area contributed by atoms with Gasteiger partial charge >= 0.3 is 0 Å². The van der Waals surface area contributed by atoms with Crippen LogP contribution in [0.1, 0.15) is 45.2 Å². The summed E-state index contributed by atoms with van der Waals surface area (Å²) in [4.78, 5) is 35.5. The van der Waals surface area contributed by atoms with Gasteiger partial charge in [-0.2, -0.15) is 0 Å². The fourth-order valence-electron chi connectivity index (χ4n) is 2.85. The average molecular weight is 351 g/mol. The van der Waals surface area contributed by atoms with Crippen molar-refractivity contribution in [3.63, 3.8) is 0 Å². The molecule has 0 atom stereocenters. The van der Waals surface area contributed by atoms with E-state index in [0.717, 1.165) is 16.8 Å². The van der Waals surface area contributed by atoms with E-state index in [1.54, 1.807) is 24.3 Å². The molecule has 3 N–H and O–H groups in total. The molecular weight excluding hydrogens is 330 g/mol. The second-order valence-corrected chi connectivity index (χ2v) is 6.16. The van der Waals surface area contributed by atoms with Crippen LogP contribution in [0.3, 0.4) is 0 Å². The van der Waals surface area contributed by atoms with E-state index >= 15 is 0 Å². The third kappa shape index (κ3) is 4.08. The van der Waals surface area contributed by atoms with Crippen molar-refractivity contribution < 1.29 is 14.4 Å². The maximum Gasteiger partial charge on any atom is 0.251 e. The van der Waals surface area contributed by atoms with Gasteiger partial charge in [0.2, 0.25) is 5.91 Å². The standard InChI is InChI=1S/C20H21N3O3/c1-2-21-19(25)14-5-3-13(4-6-14)12-22-20(26)16-7-9-17-15(11-16)8-10-18(24)23-17/h3-7,9,11H,2,8,10,12H2,1H3,(H,21,25)(H,22,26)(H,23,24). The van der Waals surface area contributed by atoms with Gasteiger partial charge in [-0.3, -0.25) is 14.4 Å². The highest BCUT2D eigenvalue weighted by atomic mass is 16.2. The lowest BCUT2D eigenvalue weighted by molar-refractivity contribution is -0.116. The predicted octanol–water partition coefficient (Wildman–Crippen LogP) is 2.25. The number of carbonyl (C=O) groups excluding carboxylic acids is 3. The van der Waals surface area contributed by atoms with E-state index in [2.05, 4.69) is 16.0 Å². The second kappa shape index (κ2) is 7.82. The van der Waals surface area contributed by atoms with Gasteiger partial charge in [-0.25, -0.2) is 0 Å². The largest absolute Gasteiger partial charge is 0.352 e. The molecule has 3 amide bonds. The van der Waals surface area contributed by atoms with Crippen molar-refractivity contribution in [3.8, 4) is 0 Å². The highest BCUT2D eigenvalue weighted by Crippen LogP contribution is 2.23. The Balaban J connectivity index is 1.60. The van der Waals surface area contributed by atoms with Crippen LogP contribution in [-0.4, -0.2) is 24.3 Å². The molecule has 3 rings (SSSR count). The number of nitrogens with one attached hydrogen (secondary N) is 3. The highest BCUT2D eigenvalue weighted by molar-refractivity contribution is 5.98. The van der Waals surface area contributed by atoms with E-state index in [4.69, 9.17) is 0 Å². The quantitative estimate of drug-likeness (QED) is 0.772. The normalized spacial score (nSPS) is 12.7. The summed E-state index contributed by atoms with van der Waals surface area (Å²) in [5.41, 5.74) is 3.83. The fraction of sp³-hybridized carbons (Fsp3) is 0.250. The first kappa shape index (κ1) is 17.7. The van der Waals surface area contributed by atoms with Crippen molar-refractivity contribution in [2.45, 2.75) is 26.3 Å². The predicted molar refractivity (Wildman–Crippen MR) is 99.0 cm³/mol. The number of benzene rings is 2. The number of fused-ring (bicyclic) bond motifs is 1. The zero-order valence-electron chi connectivity index (χ0n) is 14.6. The minimum atomic E-state index is -0.169. The van der Waals surface area contributed by atoms with E-state index in [9.17, 15) is 14.4 Å². The summed E-state index contributed by atoms with van der Waals surface area (Å²) >= 11 is 0. The number of aryl methyl sites for hydroxylation is 1. The van der Waals surface area contributed by atoms with Gasteiger partial charge in [0.1, 0.15) is 0 Å². The highest BCUT2D eigenvalue weighted by Gasteiger charge is 2.16. The van der Waals surface area contributed by atoms with Crippen molar-refractivity contribution in [2.24, 2.45) is 0 Å². The Morgan fingerprint density at radius 2 is 1.65 bits per heavy atom. The van der Waals surface area contributed by atoms with Gasteiger partial charge in [0.05, 0.1) is 0 Å². The topological polar surface area (TPSA) is 87.3 Å². The van der Waals surface area contributed by atoms with Gasteiger partial charge in [0.25, 0.3) is 11.8 Å².